The van der Waals surface area contributed by atoms with Crippen molar-refractivity contribution in [2.75, 3.05) is 27.4 Å². The molecule has 1 aromatic heterocycles. The van der Waals surface area contributed by atoms with E-state index in [0.29, 0.717) is 29.7 Å². The quantitative estimate of drug-likeness (QED) is 0.402. The molecule has 6 nitrogen and oxygen atoms in total. The minimum absolute atomic E-state index is 0.198. The van der Waals surface area contributed by atoms with E-state index in [2.05, 4.69) is 5.32 Å². The Morgan fingerprint density at radius 1 is 1.22 bits per heavy atom. The van der Waals surface area contributed by atoms with Crippen LogP contribution in [0.5, 0.6) is 11.5 Å². The molecule has 4 rings (SSSR count). The molecule has 168 valence electrons. The Kier molecular flexibility index (Phi) is 7.66. The lowest BCUT2D eigenvalue weighted by atomic mass is 10.1. The first-order valence-electron chi connectivity index (χ1n) is 10.0. The topological polar surface area (TPSA) is 66.0 Å². The first-order valence-corrected chi connectivity index (χ1v) is 12.5. The van der Waals surface area contributed by atoms with Crippen molar-refractivity contribution in [1.29, 1.82) is 0 Å². The lowest BCUT2D eigenvalue weighted by Gasteiger charge is -2.28. The van der Waals surface area contributed by atoms with Gasteiger partial charge in [0.2, 0.25) is 5.91 Å². The minimum Gasteiger partial charge on any atom is -0.493 e. The summed E-state index contributed by atoms with van der Waals surface area (Å²) in [6.07, 6.45) is 4.20. The van der Waals surface area contributed by atoms with E-state index in [0.717, 1.165) is 27.6 Å². The molecule has 1 aliphatic heterocycles. The molecule has 2 heterocycles. The highest BCUT2D eigenvalue weighted by molar-refractivity contribution is 7.49. The fourth-order valence-corrected chi connectivity index (χ4v) is 6.41. The maximum Gasteiger partial charge on any atom is 0.240 e. The highest BCUT2D eigenvalue weighted by Gasteiger charge is 2.35. The van der Waals surface area contributed by atoms with Crippen LogP contribution in [0.25, 0.3) is 16.2 Å². The molecule has 1 unspecified atom stereocenters. The van der Waals surface area contributed by atoms with E-state index in [1.807, 2.05) is 41.8 Å². The van der Waals surface area contributed by atoms with Crippen molar-refractivity contribution >= 4 is 53.4 Å². The minimum atomic E-state index is -1.42. The summed E-state index contributed by atoms with van der Waals surface area (Å²) in [7, 11) is 1.74. The number of halogens is 1. The predicted octanol–water partition coefficient (Wildman–Crippen LogP) is 6.15. The van der Waals surface area contributed by atoms with Crippen molar-refractivity contribution in [3.63, 3.8) is 0 Å². The summed E-state index contributed by atoms with van der Waals surface area (Å²) in [6.45, 7) is 1.16. The molecule has 2 aromatic carbocycles. The van der Waals surface area contributed by atoms with E-state index in [-0.39, 0.29) is 5.91 Å². The molecule has 0 aliphatic carbocycles. The number of hydrogen-bond donors (Lipinski definition) is 1. The number of ether oxygens (including phenoxy) is 2. The van der Waals surface area contributed by atoms with E-state index < -0.39 is 14.0 Å². The largest absolute Gasteiger partial charge is 0.493 e. The van der Waals surface area contributed by atoms with Gasteiger partial charge in [0.15, 0.2) is 19.9 Å². The third-order valence-corrected chi connectivity index (χ3v) is 7.99. The molecule has 3 aromatic rings. The zero-order valence-electron chi connectivity index (χ0n) is 17.7. The monoisotopic (exact) mass is 491 g/mol. The van der Waals surface area contributed by atoms with Crippen LogP contribution in [0.2, 0.25) is 5.02 Å². The highest BCUT2D eigenvalue weighted by atomic mass is 35.5. The van der Waals surface area contributed by atoms with Crippen LogP contribution in [0, 0.1) is 0 Å². The third kappa shape index (κ3) is 4.92. The lowest BCUT2D eigenvalue weighted by molar-refractivity contribution is -0.120. The average molecular weight is 492 g/mol. The molecule has 9 heteroatoms. The summed E-state index contributed by atoms with van der Waals surface area (Å²) in [5.41, 5.74) is 1.08. The van der Waals surface area contributed by atoms with Gasteiger partial charge >= 0.3 is 0 Å². The molecule has 32 heavy (non-hydrogen) atoms. The van der Waals surface area contributed by atoms with Crippen LogP contribution in [-0.2, 0) is 13.8 Å². The van der Waals surface area contributed by atoms with Crippen molar-refractivity contribution < 1.29 is 23.3 Å². The van der Waals surface area contributed by atoms with Gasteiger partial charge in [-0.1, -0.05) is 23.7 Å². The van der Waals surface area contributed by atoms with Gasteiger partial charge in [-0.15, -0.1) is 11.3 Å². The smallest absolute Gasteiger partial charge is 0.240 e. The first kappa shape index (κ1) is 23.0. The van der Waals surface area contributed by atoms with Crippen molar-refractivity contribution in [3.8, 4) is 11.5 Å². The number of methoxy groups -OCH3 is 2. The second kappa shape index (κ2) is 10.6. The second-order valence-corrected chi connectivity index (χ2v) is 9.92. The molecule has 1 N–H and O–H groups in total. The Hall–Kier alpha value is -2.15. The van der Waals surface area contributed by atoms with Crippen molar-refractivity contribution in [1.82, 2.24) is 5.32 Å². The Balaban J connectivity index is 1.61. The normalized spacial score (nSPS) is 15.7. The third-order valence-electron chi connectivity index (χ3n) is 4.97. The van der Waals surface area contributed by atoms with Crippen molar-refractivity contribution in [3.05, 3.63) is 64.1 Å². The Morgan fingerprint density at radius 2 is 2.03 bits per heavy atom. The maximum absolute atomic E-state index is 13.3. The molecule has 0 radical (unpaired) electrons. The fourth-order valence-electron chi connectivity index (χ4n) is 3.47. The Labute approximate surface area is 197 Å². The van der Waals surface area contributed by atoms with Crippen LogP contribution >= 0.6 is 31.3 Å². The van der Waals surface area contributed by atoms with Gasteiger partial charge in [0.25, 0.3) is 0 Å². The zero-order valence-corrected chi connectivity index (χ0v) is 20.1. The van der Waals surface area contributed by atoms with Gasteiger partial charge in [-0.05, 0) is 53.1 Å². The first-order chi connectivity index (χ1) is 15.6. The molecule has 0 bridgehead atoms. The van der Waals surface area contributed by atoms with Gasteiger partial charge in [0.1, 0.15) is 5.66 Å². The molecular formula is C23H23ClNO5PS. The Morgan fingerprint density at radius 3 is 2.78 bits per heavy atom. The number of hydrogen-bond acceptors (Lipinski definition) is 6. The molecular weight excluding hydrogens is 469 g/mol. The van der Waals surface area contributed by atoms with E-state index in [4.69, 9.17) is 30.1 Å². The van der Waals surface area contributed by atoms with Gasteiger partial charge < -0.3 is 23.8 Å². The van der Waals surface area contributed by atoms with Crippen LogP contribution in [-0.4, -0.2) is 33.3 Å². The molecule has 1 aliphatic rings. The van der Waals surface area contributed by atoms with E-state index >= 15 is 0 Å². The number of para-hydroxylation sites is 1. The summed E-state index contributed by atoms with van der Waals surface area (Å²) < 4.78 is 23.6. The van der Waals surface area contributed by atoms with Crippen LogP contribution < -0.4 is 14.8 Å². The molecule has 1 atom stereocenters. The molecule has 1 saturated heterocycles. The number of carbonyl (C=O) groups excluding carboxylic acids is 1. The van der Waals surface area contributed by atoms with Crippen LogP contribution in [0.1, 0.15) is 23.2 Å². The number of fused-ring (bicyclic) bond motifs is 1. The zero-order chi connectivity index (χ0) is 22.5. The van der Waals surface area contributed by atoms with E-state index in [1.165, 1.54) is 0 Å². The number of nitrogens with one attached hydrogen (secondary N) is 1. The fraction of sp³-hybridized carbons (Fsp3) is 0.261. The van der Waals surface area contributed by atoms with Crippen LogP contribution in [0.3, 0.4) is 0 Å². The second-order valence-electron chi connectivity index (χ2n) is 6.96. The molecule has 1 amide bonds. The number of amides is 1. The molecule has 0 spiro atoms. The summed E-state index contributed by atoms with van der Waals surface area (Å²) in [5.74, 6) is 1.02. The van der Waals surface area contributed by atoms with Gasteiger partial charge in [0.05, 0.1) is 27.4 Å². The number of benzene rings is 2. The SMILES string of the molecule is COc1cccc(C=CNC(=O)C(c2csc3ccc(Cl)cc23)P2OCCCO2)c1OC. The van der Waals surface area contributed by atoms with Gasteiger partial charge in [0, 0.05) is 21.5 Å². The highest BCUT2D eigenvalue weighted by Crippen LogP contribution is 2.56. The average Bonchev–Trinajstić information content (AvgIpc) is 3.22. The van der Waals surface area contributed by atoms with Gasteiger partial charge in [-0.3, -0.25) is 4.79 Å². The number of thiophene rings is 1. The lowest BCUT2D eigenvalue weighted by Crippen LogP contribution is -2.26. The van der Waals surface area contributed by atoms with E-state index in [1.54, 1.807) is 37.8 Å². The van der Waals surface area contributed by atoms with Crippen molar-refractivity contribution in [2.24, 2.45) is 0 Å². The number of carbonyl (C=O) groups is 1. The van der Waals surface area contributed by atoms with Gasteiger partial charge in [-0.25, -0.2) is 0 Å². The molecule has 1 fully saturated rings. The van der Waals surface area contributed by atoms with E-state index in [9.17, 15) is 4.79 Å². The van der Waals surface area contributed by atoms with Crippen LogP contribution in [0.4, 0.5) is 0 Å². The summed E-state index contributed by atoms with van der Waals surface area (Å²) in [5, 5.41) is 6.46. The number of rotatable bonds is 7. The summed E-state index contributed by atoms with van der Waals surface area (Å²) in [4.78, 5) is 13.3. The van der Waals surface area contributed by atoms with Crippen LogP contribution in [0.15, 0.2) is 48.0 Å². The predicted molar refractivity (Wildman–Crippen MR) is 130 cm³/mol. The Bertz CT molecular complexity index is 1130. The standard InChI is InChI=1S/C23H23ClNO5PS/c1-27-19-6-3-5-15(21(19)28-2)9-10-25-23(26)22(31-29-11-4-12-30-31)18-14-32-20-8-7-16(24)13-17(18)20/h3,5-10,13-14,22H,4,11-12H2,1-2H3,(H,25,26). The maximum atomic E-state index is 13.3. The van der Waals surface area contributed by atoms with Crippen molar-refractivity contribution in [2.45, 2.75) is 12.1 Å². The molecule has 0 saturated carbocycles. The van der Waals surface area contributed by atoms with Gasteiger partial charge in [-0.2, -0.15) is 0 Å². The summed E-state index contributed by atoms with van der Waals surface area (Å²) in [6, 6.07) is 11.3. The summed E-state index contributed by atoms with van der Waals surface area (Å²) >= 11 is 7.81.